The number of aromatic nitrogens is 4. The zero-order valence-electron chi connectivity index (χ0n) is 17.3. The van der Waals surface area contributed by atoms with Crippen LogP contribution in [0, 0.1) is 0 Å². The molecule has 3 aromatic heterocycles. The Morgan fingerprint density at radius 3 is 2.81 bits per heavy atom. The molecule has 0 aliphatic heterocycles. The SMILES string of the molecule is CC(=O)c1c[nH]c2ccc(CNc3nccc(N(C)c4ccc5[nH]ccc5c4)n3)cc12. The van der Waals surface area contributed by atoms with Crippen LogP contribution in [0.2, 0.25) is 0 Å². The fourth-order valence-electron chi connectivity index (χ4n) is 3.75. The van der Waals surface area contributed by atoms with Gasteiger partial charge in [0.1, 0.15) is 5.82 Å². The van der Waals surface area contributed by atoms with E-state index in [-0.39, 0.29) is 5.78 Å². The minimum atomic E-state index is 0.0493. The van der Waals surface area contributed by atoms with E-state index >= 15 is 0 Å². The van der Waals surface area contributed by atoms with Gasteiger partial charge in [-0.1, -0.05) is 6.07 Å². The van der Waals surface area contributed by atoms with Crippen LogP contribution in [0.25, 0.3) is 21.8 Å². The molecule has 5 aromatic rings. The van der Waals surface area contributed by atoms with Gasteiger partial charge in [-0.05, 0) is 55.0 Å². The number of hydrogen-bond donors (Lipinski definition) is 3. The maximum Gasteiger partial charge on any atom is 0.224 e. The highest BCUT2D eigenvalue weighted by Crippen LogP contribution is 2.26. The van der Waals surface area contributed by atoms with Crippen molar-refractivity contribution < 1.29 is 4.79 Å². The van der Waals surface area contributed by atoms with E-state index in [0.29, 0.717) is 18.1 Å². The lowest BCUT2D eigenvalue weighted by atomic mass is 10.1. The molecule has 0 saturated heterocycles. The second-order valence-electron chi connectivity index (χ2n) is 7.54. The highest BCUT2D eigenvalue weighted by molar-refractivity contribution is 6.06. The Bertz CT molecular complexity index is 1400. The first-order chi connectivity index (χ1) is 15.1. The number of carbonyl (C=O) groups excluding carboxylic acids is 1. The molecule has 0 bridgehead atoms. The smallest absolute Gasteiger partial charge is 0.224 e. The van der Waals surface area contributed by atoms with Crippen molar-refractivity contribution in [2.75, 3.05) is 17.3 Å². The molecule has 0 radical (unpaired) electrons. The van der Waals surface area contributed by atoms with Crippen LogP contribution in [0.4, 0.5) is 17.5 Å². The summed E-state index contributed by atoms with van der Waals surface area (Å²) in [6.45, 7) is 2.14. The predicted octanol–water partition coefficient (Wildman–Crippen LogP) is 5.02. The van der Waals surface area contributed by atoms with Crippen LogP contribution < -0.4 is 10.2 Å². The molecule has 0 aliphatic rings. The van der Waals surface area contributed by atoms with E-state index in [2.05, 4.69) is 49.5 Å². The van der Waals surface area contributed by atoms with Crippen LogP contribution in [0.15, 0.2) is 67.1 Å². The lowest BCUT2D eigenvalue weighted by Crippen LogP contribution is -2.13. The molecule has 3 heterocycles. The molecular formula is C24H22N6O. The predicted molar refractivity (Wildman–Crippen MR) is 124 cm³/mol. The Kier molecular flexibility index (Phi) is 4.63. The van der Waals surface area contributed by atoms with Gasteiger partial charge in [-0.3, -0.25) is 4.79 Å². The van der Waals surface area contributed by atoms with Crippen molar-refractivity contribution in [1.82, 2.24) is 19.9 Å². The number of nitrogens with one attached hydrogen (secondary N) is 3. The van der Waals surface area contributed by atoms with Gasteiger partial charge in [-0.15, -0.1) is 0 Å². The molecule has 154 valence electrons. The van der Waals surface area contributed by atoms with Crippen molar-refractivity contribution in [2.45, 2.75) is 13.5 Å². The van der Waals surface area contributed by atoms with E-state index in [1.807, 2.05) is 42.4 Å². The van der Waals surface area contributed by atoms with Crippen LogP contribution >= 0.6 is 0 Å². The number of benzene rings is 2. The molecule has 0 unspecified atom stereocenters. The monoisotopic (exact) mass is 410 g/mol. The maximum atomic E-state index is 11.8. The van der Waals surface area contributed by atoms with Gasteiger partial charge in [0.25, 0.3) is 0 Å². The van der Waals surface area contributed by atoms with Crippen molar-refractivity contribution in [3.05, 3.63) is 78.2 Å². The molecule has 7 nitrogen and oxygen atoms in total. The zero-order chi connectivity index (χ0) is 21.4. The highest BCUT2D eigenvalue weighted by Gasteiger charge is 2.10. The van der Waals surface area contributed by atoms with Crippen molar-refractivity contribution in [3.8, 4) is 0 Å². The van der Waals surface area contributed by atoms with Gasteiger partial charge >= 0.3 is 0 Å². The molecule has 0 fully saturated rings. The fraction of sp³-hybridized carbons (Fsp3) is 0.125. The largest absolute Gasteiger partial charge is 0.361 e. The summed E-state index contributed by atoms with van der Waals surface area (Å²) in [5, 5.41) is 5.38. The minimum absolute atomic E-state index is 0.0493. The number of hydrogen-bond acceptors (Lipinski definition) is 5. The second-order valence-corrected chi connectivity index (χ2v) is 7.54. The molecule has 0 atom stereocenters. The molecule has 2 aromatic carbocycles. The number of anilines is 3. The lowest BCUT2D eigenvalue weighted by molar-refractivity contribution is 0.101. The Morgan fingerprint density at radius 2 is 1.94 bits per heavy atom. The Morgan fingerprint density at radius 1 is 1.06 bits per heavy atom. The number of H-pyrrole nitrogens is 2. The number of Topliss-reactive ketones (excluding diaryl/α,β-unsaturated/α-hetero) is 1. The molecule has 7 heteroatoms. The minimum Gasteiger partial charge on any atom is -0.361 e. The number of fused-ring (bicyclic) bond motifs is 2. The molecule has 5 rings (SSSR count). The first-order valence-corrected chi connectivity index (χ1v) is 10.1. The van der Waals surface area contributed by atoms with Crippen LogP contribution in [0.5, 0.6) is 0 Å². The Balaban J connectivity index is 1.35. The number of rotatable bonds is 6. The standard InChI is InChI=1S/C24H22N6O/c1-15(31)20-14-27-22-5-3-16(11-19(20)22)13-28-24-26-10-8-23(29-24)30(2)18-4-6-21-17(12-18)7-9-25-21/h3-12,14,25,27H,13H2,1-2H3,(H,26,28,29). The Hall–Kier alpha value is -4.13. The second kappa shape index (κ2) is 7.60. The van der Waals surface area contributed by atoms with Crippen LogP contribution in [-0.2, 0) is 6.54 Å². The summed E-state index contributed by atoms with van der Waals surface area (Å²) >= 11 is 0. The summed E-state index contributed by atoms with van der Waals surface area (Å²) in [5.41, 5.74) is 4.86. The number of carbonyl (C=O) groups is 1. The number of ketones is 1. The summed E-state index contributed by atoms with van der Waals surface area (Å²) < 4.78 is 0. The number of nitrogens with zero attached hydrogens (tertiary/aromatic N) is 3. The first-order valence-electron chi connectivity index (χ1n) is 10.1. The van der Waals surface area contributed by atoms with E-state index in [1.165, 1.54) is 0 Å². The van der Waals surface area contributed by atoms with Gasteiger partial charge in [0, 0.05) is 65.2 Å². The first kappa shape index (κ1) is 18.9. The van der Waals surface area contributed by atoms with Gasteiger partial charge in [-0.25, -0.2) is 4.98 Å². The molecule has 0 aliphatic carbocycles. The van der Waals surface area contributed by atoms with Crippen LogP contribution in [0.3, 0.4) is 0 Å². The van der Waals surface area contributed by atoms with Gasteiger partial charge in [0.15, 0.2) is 5.78 Å². The third-order valence-corrected chi connectivity index (χ3v) is 5.48. The third kappa shape index (κ3) is 3.61. The summed E-state index contributed by atoms with van der Waals surface area (Å²) in [6.07, 6.45) is 5.45. The summed E-state index contributed by atoms with van der Waals surface area (Å²) in [6, 6.07) is 16.2. The quantitative estimate of drug-likeness (QED) is 0.342. The lowest BCUT2D eigenvalue weighted by Gasteiger charge is -2.19. The molecule has 3 N–H and O–H groups in total. The Labute approximate surface area is 179 Å². The highest BCUT2D eigenvalue weighted by atomic mass is 16.1. The molecule has 0 amide bonds. The van der Waals surface area contributed by atoms with Gasteiger partial charge in [0.05, 0.1) is 0 Å². The van der Waals surface area contributed by atoms with Crippen molar-refractivity contribution in [3.63, 3.8) is 0 Å². The van der Waals surface area contributed by atoms with Crippen molar-refractivity contribution >= 4 is 45.0 Å². The van der Waals surface area contributed by atoms with Crippen LogP contribution in [0.1, 0.15) is 22.8 Å². The fourth-order valence-corrected chi connectivity index (χ4v) is 3.75. The van der Waals surface area contributed by atoms with Crippen LogP contribution in [-0.4, -0.2) is 32.8 Å². The van der Waals surface area contributed by atoms with E-state index in [4.69, 9.17) is 0 Å². The average molecular weight is 410 g/mol. The average Bonchev–Trinajstić information content (AvgIpc) is 3.43. The van der Waals surface area contributed by atoms with E-state index in [0.717, 1.165) is 38.9 Å². The van der Waals surface area contributed by atoms with E-state index < -0.39 is 0 Å². The van der Waals surface area contributed by atoms with Crippen molar-refractivity contribution in [1.29, 1.82) is 0 Å². The summed E-state index contributed by atoms with van der Waals surface area (Å²) in [4.78, 5) is 29.2. The zero-order valence-corrected chi connectivity index (χ0v) is 17.3. The summed E-state index contributed by atoms with van der Waals surface area (Å²) in [5.74, 6) is 1.40. The molecular weight excluding hydrogens is 388 g/mol. The third-order valence-electron chi connectivity index (χ3n) is 5.48. The normalized spacial score (nSPS) is 11.2. The number of aromatic amines is 2. The van der Waals surface area contributed by atoms with E-state index in [1.54, 1.807) is 19.3 Å². The van der Waals surface area contributed by atoms with Gasteiger partial charge in [-0.2, -0.15) is 4.98 Å². The maximum absolute atomic E-state index is 11.8. The van der Waals surface area contributed by atoms with Gasteiger partial charge < -0.3 is 20.2 Å². The van der Waals surface area contributed by atoms with Gasteiger partial charge in [0.2, 0.25) is 5.95 Å². The summed E-state index contributed by atoms with van der Waals surface area (Å²) in [7, 11) is 1.99. The molecule has 0 spiro atoms. The molecule has 0 saturated carbocycles. The topological polar surface area (TPSA) is 89.7 Å². The molecule has 31 heavy (non-hydrogen) atoms. The van der Waals surface area contributed by atoms with E-state index in [9.17, 15) is 4.79 Å². The van der Waals surface area contributed by atoms with Crippen molar-refractivity contribution in [2.24, 2.45) is 0 Å².